The van der Waals surface area contributed by atoms with E-state index in [9.17, 15) is 4.79 Å². The number of hydrogen-bond donors (Lipinski definition) is 1. The monoisotopic (exact) mass is 152 g/mol. The lowest BCUT2D eigenvalue weighted by atomic mass is 9.89. The molecule has 11 heavy (non-hydrogen) atoms. The molecule has 1 radical (unpaired) electrons. The van der Waals surface area contributed by atoms with Crippen LogP contribution in [0.5, 0.6) is 0 Å². The highest BCUT2D eigenvalue weighted by Gasteiger charge is 2.37. The third-order valence-electron chi connectivity index (χ3n) is 2.87. The first-order valence-corrected chi connectivity index (χ1v) is 4.40. The summed E-state index contributed by atoms with van der Waals surface area (Å²) in [5, 5.41) is 3.42. The van der Waals surface area contributed by atoms with Crippen LogP contribution < -0.4 is 5.32 Å². The summed E-state index contributed by atoms with van der Waals surface area (Å²) in [7, 11) is 0. The molecule has 0 spiro atoms. The number of piperidine rings is 1. The fourth-order valence-electron chi connectivity index (χ4n) is 2.22. The first-order chi connectivity index (χ1) is 5.27. The maximum absolute atomic E-state index is 11.1. The molecular weight excluding hydrogens is 138 g/mol. The van der Waals surface area contributed by atoms with Crippen LogP contribution in [0.2, 0.25) is 0 Å². The van der Waals surface area contributed by atoms with Crippen LogP contribution >= 0.6 is 0 Å². The van der Waals surface area contributed by atoms with Gasteiger partial charge in [-0.15, -0.1) is 0 Å². The average Bonchev–Trinajstić information content (AvgIpc) is 2.32. The Balaban J connectivity index is 2.07. The van der Waals surface area contributed by atoms with Gasteiger partial charge in [-0.25, -0.2) is 0 Å². The molecule has 2 unspecified atom stereocenters. The van der Waals surface area contributed by atoms with Crippen LogP contribution in [0.3, 0.4) is 0 Å². The van der Waals surface area contributed by atoms with E-state index in [2.05, 4.69) is 5.32 Å². The largest absolute Gasteiger partial charge is 0.306 e. The normalized spacial score (nSPS) is 37.5. The molecule has 2 atom stereocenters. The SMILES string of the molecule is CC(=O)C1CCC2CC[C]1N2. The second-order valence-electron chi connectivity index (χ2n) is 3.65. The van der Waals surface area contributed by atoms with Crippen LogP contribution in [0.25, 0.3) is 0 Å². The summed E-state index contributed by atoms with van der Waals surface area (Å²) in [5.41, 5.74) is 0. The lowest BCUT2D eigenvalue weighted by Gasteiger charge is -2.27. The molecule has 0 aromatic rings. The molecule has 0 amide bonds. The number of carbonyl (C=O) groups is 1. The Hall–Kier alpha value is -0.370. The summed E-state index contributed by atoms with van der Waals surface area (Å²) in [5.74, 6) is 0.585. The van der Waals surface area contributed by atoms with Crippen molar-refractivity contribution < 1.29 is 4.79 Å². The highest BCUT2D eigenvalue weighted by Crippen LogP contribution is 2.36. The van der Waals surface area contributed by atoms with E-state index in [0.29, 0.717) is 11.8 Å². The zero-order valence-corrected chi connectivity index (χ0v) is 6.89. The molecule has 2 heteroatoms. The molecule has 61 valence electrons. The van der Waals surface area contributed by atoms with Crippen LogP contribution in [0.15, 0.2) is 0 Å². The second-order valence-corrected chi connectivity index (χ2v) is 3.65. The topological polar surface area (TPSA) is 29.1 Å². The molecule has 2 aliphatic heterocycles. The van der Waals surface area contributed by atoms with Crippen LogP contribution in [-0.4, -0.2) is 11.8 Å². The summed E-state index contributed by atoms with van der Waals surface area (Å²) < 4.78 is 0. The van der Waals surface area contributed by atoms with Crippen molar-refractivity contribution in [1.29, 1.82) is 0 Å². The van der Waals surface area contributed by atoms with Gasteiger partial charge in [0.05, 0.1) is 0 Å². The molecule has 0 aromatic carbocycles. The first-order valence-electron chi connectivity index (χ1n) is 4.40. The molecule has 2 fully saturated rings. The third kappa shape index (κ3) is 1.20. The van der Waals surface area contributed by atoms with Gasteiger partial charge in [-0.05, 0) is 32.6 Å². The van der Waals surface area contributed by atoms with Crippen molar-refractivity contribution in [2.45, 2.75) is 38.6 Å². The molecule has 2 aliphatic rings. The lowest BCUT2D eigenvalue weighted by molar-refractivity contribution is -0.120. The van der Waals surface area contributed by atoms with Crippen molar-refractivity contribution in [2.75, 3.05) is 0 Å². The summed E-state index contributed by atoms with van der Waals surface area (Å²) in [6.07, 6.45) is 4.66. The minimum atomic E-state index is 0.244. The second kappa shape index (κ2) is 2.59. The van der Waals surface area contributed by atoms with Gasteiger partial charge < -0.3 is 5.32 Å². The lowest BCUT2D eigenvalue weighted by Crippen LogP contribution is -2.37. The Morgan fingerprint density at radius 1 is 1.45 bits per heavy atom. The van der Waals surface area contributed by atoms with Crippen LogP contribution in [-0.2, 0) is 4.79 Å². The molecule has 2 heterocycles. The first kappa shape index (κ1) is 7.29. The number of fused-ring (bicyclic) bond motifs is 2. The van der Waals surface area contributed by atoms with Crippen LogP contribution in [0.4, 0.5) is 0 Å². The van der Waals surface area contributed by atoms with Gasteiger partial charge in [-0.2, -0.15) is 0 Å². The summed E-state index contributed by atoms with van der Waals surface area (Å²) in [4.78, 5) is 11.1. The van der Waals surface area contributed by atoms with Gasteiger partial charge in [0.2, 0.25) is 0 Å². The quantitative estimate of drug-likeness (QED) is 0.613. The zero-order valence-electron chi connectivity index (χ0n) is 6.89. The molecule has 1 N–H and O–H groups in total. The maximum Gasteiger partial charge on any atom is 0.134 e. The minimum Gasteiger partial charge on any atom is -0.306 e. The minimum absolute atomic E-state index is 0.244. The predicted octanol–water partition coefficient (Wildman–Crippen LogP) is 1.27. The van der Waals surface area contributed by atoms with Crippen molar-refractivity contribution in [1.82, 2.24) is 5.32 Å². The zero-order chi connectivity index (χ0) is 7.84. The molecule has 0 saturated carbocycles. The van der Waals surface area contributed by atoms with Crippen LogP contribution in [0, 0.1) is 12.0 Å². The van der Waals surface area contributed by atoms with E-state index in [1.165, 1.54) is 18.9 Å². The molecule has 0 aliphatic carbocycles. The average molecular weight is 152 g/mol. The highest BCUT2D eigenvalue weighted by atomic mass is 16.1. The number of ketones is 1. The van der Waals surface area contributed by atoms with E-state index < -0.39 is 0 Å². The summed E-state index contributed by atoms with van der Waals surface area (Å²) >= 11 is 0. The fourth-order valence-corrected chi connectivity index (χ4v) is 2.22. The van der Waals surface area contributed by atoms with Crippen LogP contribution in [0.1, 0.15) is 32.6 Å². The Bertz CT molecular complexity index is 178. The summed E-state index contributed by atoms with van der Waals surface area (Å²) in [6, 6.07) is 2.01. The maximum atomic E-state index is 11.1. The van der Waals surface area contributed by atoms with Gasteiger partial charge in [0.15, 0.2) is 0 Å². The van der Waals surface area contributed by atoms with Gasteiger partial charge in [-0.3, -0.25) is 4.79 Å². The third-order valence-corrected chi connectivity index (χ3v) is 2.87. The number of carbonyl (C=O) groups excluding carboxylic acids is 1. The smallest absolute Gasteiger partial charge is 0.134 e. The van der Waals surface area contributed by atoms with Gasteiger partial charge in [0, 0.05) is 18.0 Å². The fraction of sp³-hybridized carbons (Fsp3) is 0.778. The van der Waals surface area contributed by atoms with E-state index in [1.54, 1.807) is 6.92 Å². The molecule has 2 nitrogen and oxygen atoms in total. The Labute approximate surface area is 67.4 Å². The van der Waals surface area contributed by atoms with E-state index >= 15 is 0 Å². The standard InChI is InChI=1S/C9H14NO/c1-6(11)8-4-2-7-3-5-9(8)10-7/h7-8,10H,2-5H2,1H3. The predicted molar refractivity (Wildman–Crippen MR) is 42.8 cm³/mol. The molecule has 0 aromatic heterocycles. The highest BCUT2D eigenvalue weighted by molar-refractivity contribution is 5.80. The van der Waals surface area contributed by atoms with E-state index in [1.807, 2.05) is 0 Å². The number of nitrogens with one attached hydrogen (secondary N) is 1. The number of Topliss-reactive ketones (excluding diaryl/α,β-unsaturated/α-hetero) is 1. The Kier molecular flexibility index (Phi) is 1.72. The van der Waals surface area contributed by atoms with E-state index in [0.717, 1.165) is 12.8 Å². The molecule has 2 rings (SSSR count). The van der Waals surface area contributed by atoms with Crippen molar-refractivity contribution in [3.63, 3.8) is 0 Å². The van der Waals surface area contributed by atoms with Crippen molar-refractivity contribution >= 4 is 5.78 Å². The Morgan fingerprint density at radius 2 is 2.27 bits per heavy atom. The van der Waals surface area contributed by atoms with Gasteiger partial charge in [0.1, 0.15) is 5.78 Å². The van der Waals surface area contributed by atoms with E-state index in [4.69, 9.17) is 0 Å². The van der Waals surface area contributed by atoms with Crippen molar-refractivity contribution in [2.24, 2.45) is 5.92 Å². The van der Waals surface area contributed by atoms with Gasteiger partial charge in [0.25, 0.3) is 0 Å². The molecular formula is C9H14NO. The molecule has 2 bridgehead atoms. The molecule has 2 saturated heterocycles. The number of hydrogen-bond acceptors (Lipinski definition) is 2. The van der Waals surface area contributed by atoms with Gasteiger partial charge >= 0.3 is 0 Å². The van der Waals surface area contributed by atoms with Crippen molar-refractivity contribution in [3.05, 3.63) is 6.04 Å². The number of rotatable bonds is 1. The van der Waals surface area contributed by atoms with E-state index in [-0.39, 0.29) is 5.92 Å². The van der Waals surface area contributed by atoms with Gasteiger partial charge in [-0.1, -0.05) is 0 Å². The summed E-state index contributed by atoms with van der Waals surface area (Å²) in [6.45, 7) is 1.71. The Morgan fingerprint density at radius 3 is 3.00 bits per heavy atom. The van der Waals surface area contributed by atoms with Crippen molar-refractivity contribution in [3.8, 4) is 0 Å².